The van der Waals surface area contributed by atoms with E-state index in [1.165, 1.54) is 10.6 Å². The number of alkyl halides is 3. The molecule has 29 heavy (non-hydrogen) atoms. The fourth-order valence-electron chi connectivity index (χ4n) is 3.01. The first-order valence-corrected chi connectivity index (χ1v) is 10.3. The molecule has 1 spiro atoms. The maximum atomic E-state index is 12.9. The molecule has 1 aromatic rings. The molecule has 0 amide bonds. The maximum Gasteiger partial charge on any atom is 0.490 e. The number of piperidine rings is 1. The Morgan fingerprint density at radius 2 is 1.72 bits per heavy atom. The predicted molar refractivity (Wildman–Crippen MR) is 92.2 cm³/mol. The molecule has 0 atom stereocenters. The number of morpholine rings is 1. The summed E-state index contributed by atoms with van der Waals surface area (Å²) in [4.78, 5) is 18.9. The Hall–Kier alpha value is -2.06. The number of nitrogens with zero attached hydrogens (tertiary/aromatic N) is 4. The van der Waals surface area contributed by atoms with Crippen molar-refractivity contribution in [3.8, 4) is 0 Å². The van der Waals surface area contributed by atoms with Gasteiger partial charge >= 0.3 is 12.1 Å². The number of carbonyl (C=O) groups is 1. The first-order valence-electron chi connectivity index (χ1n) is 8.44. The second-order valence-electron chi connectivity index (χ2n) is 6.62. The van der Waals surface area contributed by atoms with E-state index in [0.29, 0.717) is 51.6 Å². The molecular weight excluding hydrogens is 424 g/mol. The summed E-state index contributed by atoms with van der Waals surface area (Å²) in [6.45, 7) is 2.67. The minimum absolute atomic E-state index is 0.378. The molecule has 1 aromatic heterocycles. The third-order valence-corrected chi connectivity index (χ3v) is 5.79. The lowest BCUT2D eigenvalue weighted by Crippen LogP contribution is -2.57. The van der Waals surface area contributed by atoms with Gasteiger partial charge in [-0.15, -0.1) is 0 Å². The van der Waals surface area contributed by atoms with Crippen molar-refractivity contribution in [2.24, 2.45) is 0 Å². The second kappa shape index (κ2) is 8.75. The van der Waals surface area contributed by atoms with Crippen LogP contribution in [0.25, 0.3) is 0 Å². The van der Waals surface area contributed by atoms with Crippen LogP contribution >= 0.6 is 0 Å². The Kier molecular flexibility index (Phi) is 7.01. The standard InChI is InChI=1S/C13H19FN4O3S.C2HF3O2/c1-22(19,20)18-4-2-13(3-5-18)10-17(6-7-21-13)12-15-8-11(14)9-16-12;3-2(4,5)1(6)7/h8-9H,2-7,10H2,1H3;(H,6,7). The molecule has 1 N–H and O–H groups in total. The molecule has 9 nitrogen and oxygen atoms in total. The largest absolute Gasteiger partial charge is 0.490 e. The Labute approximate surface area is 164 Å². The van der Waals surface area contributed by atoms with Gasteiger partial charge in [0.1, 0.15) is 0 Å². The number of hydrogen-bond acceptors (Lipinski definition) is 7. The quantitative estimate of drug-likeness (QED) is 0.669. The summed E-state index contributed by atoms with van der Waals surface area (Å²) in [6.07, 6.45) is -0.283. The third-order valence-electron chi connectivity index (χ3n) is 4.48. The zero-order valence-corrected chi connectivity index (χ0v) is 16.2. The molecule has 14 heteroatoms. The van der Waals surface area contributed by atoms with Crippen molar-refractivity contribution < 1.29 is 40.6 Å². The summed E-state index contributed by atoms with van der Waals surface area (Å²) < 4.78 is 75.3. The lowest BCUT2D eigenvalue weighted by molar-refractivity contribution is -0.192. The Bertz CT molecular complexity index is 811. The lowest BCUT2D eigenvalue weighted by atomic mass is 9.90. The molecular formula is C15H20F4N4O5S. The molecule has 0 bridgehead atoms. The SMILES string of the molecule is CS(=O)(=O)N1CCC2(CC1)CN(c1ncc(F)cn1)CCO2.O=C(O)C(F)(F)F. The van der Waals surface area contributed by atoms with E-state index in [1.54, 1.807) is 0 Å². The number of halogens is 4. The van der Waals surface area contributed by atoms with Crippen LogP contribution in [0.2, 0.25) is 0 Å². The Morgan fingerprint density at radius 1 is 1.21 bits per heavy atom. The lowest BCUT2D eigenvalue weighted by Gasteiger charge is -2.46. The predicted octanol–water partition coefficient (Wildman–Crippen LogP) is 0.880. The molecule has 0 aliphatic carbocycles. The van der Waals surface area contributed by atoms with Crippen molar-refractivity contribution in [2.75, 3.05) is 43.9 Å². The number of anilines is 1. The zero-order valence-electron chi connectivity index (χ0n) is 15.4. The minimum atomic E-state index is -5.08. The number of aliphatic carboxylic acids is 1. The number of carboxylic acid groups (broad SMARTS) is 1. The molecule has 3 rings (SSSR count). The van der Waals surface area contributed by atoms with Crippen molar-refractivity contribution in [2.45, 2.75) is 24.6 Å². The number of sulfonamides is 1. The van der Waals surface area contributed by atoms with Crippen molar-refractivity contribution in [3.05, 3.63) is 18.2 Å². The van der Waals surface area contributed by atoms with Gasteiger partial charge < -0.3 is 14.7 Å². The van der Waals surface area contributed by atoms with Crippen LogP contribution in [0.4, 0.5) is 23.5 Å². The van der Waals surface area contributed by atoms with E-state index in [-0.39, 0.29) is 5.60 Å². The average molecular weight is 444 g/mol. The molecule has 164 valence electrons. The highest BCUT2D eigenvalue weighted by molar-refractivity contribution is 7.88. The van der Waals surface area contributed by atoms with Gasteiger partial charge in [0.05, 0.1) is 37.4 Å². The van der Waals surface area contributed by atoms with E-state index >= 15 is 0 Å². The van der Waals surface area contributed by atoms with Gasteiger partial charge in [0, 0.05) is 19.6 Å². The minimum Gasteiger partial charge on any atom is -0.475 e. The van der Waals surface area contributed by atoms with Gasteiger partial charge in [0.15, 0.2) is 5.82 Å². The summed E-state index contributed by atoms with van der Waals surface area (Å²) in [5.41, 5.74) is -0.378. The first kappa shape index (κ1) is 23.2. The van der Waals surface area contributed by atoms with E-state index < -0.39 is 28.0 Å². The molecule has 0 radical (unpaired) electrons. The number of aromatic nitrogens is 2. The highest BCUT2D eigenvalue weighted by atomic mass is 32.2. The molecule has 2 fully saturated rings. The first-order chi connectivity index (χ1) is 13.3. The van der Waals surface area contributed by atoms with Crippen molar-refractivity contribution in [3.63, 3.8) is 0 Å². The zero-order chi connectivity index (χ0) is 21.9. The van der Waals surface area contributed by atoms with Gasteiger partial charge in [-0.05, 0) is 12.8 Å². The van der Waals surface area contributed by atoms with E-state index in [4.69, 9.17) is 14.6 Å². The van der Waals surface area contributed by atoms with Gasteiger partial charge in [-0.2, -0.15) is 13.2 Å². The molecule has 2 saturated heterocycles. The average Bonchev–Trinajstić information content (AvgIpc) is 2.62. The van der Waals surface area contributed by atoms with E-state index in [9.17, 15) is 26.0 Å². The fraction of sp³-hybridized carbons (Fsp3) is 0.667. The van der Waals surface area contributed by atoms with Crippen molar-refractivity contribution in [1.29, 1.82) is 0 Å². The van der Waals surface area contributed by atoms with Gasteiger partial charge in [0.2, 0.25) is 16.0 Å². The van der Waals surface area contributed by atoms with Gasteiger partial charge in [0.25, 0.3) is 0 Å². The number of rotatable bonds is 2. The van der Waals surface area contributed by atoms with E-state index in [0.717, 1.165) is 12.4 Å². The highest BCUT2D eigenvalue weighted by Gasteiger charge is 2.42. The van der Waals surface area contributed by atoms with E-state index in [1.807, 2.05) is 4.90 Å². The van der Waals surface area contributed by atoms with Gasteiger partial charge in [-0.1, -0.05) is 0 Å². The molecule has 0 saturated carbocycles. The Balaban J connectivity index is 0.000000370. The maximum absolute atomic E-state index is 12.9. The second-order valence-corrected chi connectivity index (χ2v) is 8.60. The molecule has 2 aliphatic rings. The highest BCUT2D eigenvalue weighted by Crippen LogP contribution is 2.32. The summed E-state index contributed by atoms with van der Waals surface area (Å²) in [7, 11) is -3.15. The van der Waals surface area contributed by atoms with E-state index in [2.05, 4.69) is 9.97 Å². The van der Waals surface area contributed by atoms with Crippen LogP contribution in [0.1, 0.15) is 12.8 Å². The smallest absolute Gasteiger partial charge is 0.475 e. The molecule has 0 aromatic carbocycles. The fourth-order valence-corrected chi connectivity index (χ4v) is 3.86. The van der Waals surface area contributed by atoms with Gasteiger partial charge in [-0.25, -0.2) is 31.9 Å². The van der Waals surface area contributed by atoms with Crippen LogP contribution in [0.5, 0.6) is 0 Å². The van der Waals surface area contributed by atoms with Crippen LogP contribution in [0.3, 0.4) is 0 Å². The van der Waals surface area contributed by atoms with Crippen molar-refractivity contribution in [1.82, 2.24) is 14.3 Å². The summed E-state index contributed by atoms with van der Waals surface area (Å²) in [5.74, 6) is -2.74. The van der Waals surface area contributed by atoms with Crippen LogP contribution in [0.15, 0.2) is 12.4 Å². The summed E-state index contributed by atoms with van der Waals surface area (Å²) in [6, 6.07) is 0. The van der Waals surface area contributed by atoms with Crippen LogP contribution in [0, 0.1) is 5.82 Å². The monoisotopic (exact) mass is 444 g/mol. The van der Waals surface area contributed by atoms with Crippen LogP contribution in [-0.2, 0) is 19.6 Å². The Morgan fingerprint density at radius 3 is 2.17 bits per heavy atom. The number of carboxylic acids is 1. The topological polar surface area (TPSA) is 113 Å². The van der Waals surface area contributed by atoms with Crippen molar-refractivity contribution >= 4 is 21.9 Å². The molecule has 0 unspecified atom stereocenters. The molecule has 2 aliphatic heterocycles. The normalized spacial score (nSPS) is 20.1. The molecule has 3 heterocycles. The van der Waals surface area contributed by atoms with Crippen LogP contribution < -0.4 is 4.90 Å². The summed E-state index contributed by atoms with van der Waals surface area (Å²) in [5, 5.41) is 7.12. The third kappa shape index (κ3) is 6.47. The summed E-state index contributed by atoms with van der Waals surface area (Å²) >= 11 is 0. The van der Waals surface area contributed by atoms with Gasteiger partial charge in [-0.3, -0.25) is 0 Å². The number of ether oxygens (including phenoxy) is 1. The number of hydrogen-bond donors (Lipinski definition) is 1. The van der Waals surface area contributed by atoms with Crippen LogP contribution in [-0.4, -0.2) is 84.6 Å².